The predicted octanol–water partition coefficient (Wildman–Crippen LogP) is 3.92. The van der Waals surface area contributed by atoms with Gasteiger partial charge in [0.15, 0.2) is 5.16 Å². The maximum atomic E-state index is 12.2. The number of anilines is 1. The summed E-state index contributed by atoms with van der Waals surface area (Å²) in [5, 5.41) is 11.7. The Kier molecular flexibility index (Phi) is 5.39. The van der Waals surface area contributed by atoms with Gasteiger partial charge >= 0.3 is 0 Å². The Morgan fingerprint density at radius 3 is 2.67 bits per heavy atom. The molecule has 6 nitrogen and oxygen atoms in total. The highest BCUT2D eigenvalue weighted by Crippen LogP contribution is 2.37. The van der Waals surface area contributed by atoms with Crippen LogP contribution >= 0.6 is 11.8 Å². The molecule has 1 fully saturated rings. The summed E-state index contributed by atoms with van der Waals surface area (Å²) in [6.45, 7) is 0.519. The summed E-state index contributed by atoms with van der Waals surface area (Å²) in [5.74, 6) is 1.00. The van der Waals surface area contributed by atoms with Gasteiger partial charge in [0.2, 0.25) is 5.91 Å². The molecule has 1 aromatic heterocycles. The van der Waals surface area contributed by atoms with Crippen LogP contribution in [0.25, 0.3) is 0 Å². The van der Waals surface area contributed by atoms with E-state index in [2.05, 4.69) is 20.1 Å². The fourth-order valence-corrected chi connectivity index (χ4v) is 3.42. The molecule has 1 aliphatic rings. The Morgan fingerprint density at radius 1 is 1.15 bits per heavy atom. The van der Waals surface area contributed by atoms with E-state index in [0.717, 1.165) is 35.0 Å². The molecular formula is C20H20N4O2S. The maximum absolute atomic E-state index is 12.2. The molecule has 0 unspecified atom stereocenters. The number of rotatable bonds is 8. The number of ether oxygens (including phenoxy) is 1. The number of carbonyl (C=O) groups is 1. The number of aromatic nitrogens is 3. The Labute approximate surface area is 162 Å². The highest BCUT2D eigenvalue weighted by atomic mass is 32.2. The lowest BCUT2D eigenvalue weighted by Crippen LogP contribution is -2.14. The molecule has 7 heteroatoms. The van der Waals surface area contributed by atoms with E-state index in [9.17, 15) is 4.79 Å². The van der Waals surface area contributed by atoms with Crippen molar-refractivity contribution in [3.63, 3.8) is 0 Å². The molecule has 0 bridgehead atoms. The molecule has 0 saturated heterocycles. The standard InChI is InChI=1S/C20H20N4O2S/c25-19(13-27-20-23-21-14-24(20)17-8-9-17)22-16-6-10-18(11-7-16)26-12-15-4-2-1-3-5-15/h1-7,10-11,14,17H,8-9,12-13H2,(H,22,25). The lowest BCUT2D eigenvalue weighted by molar-refractivity contribution is -0.113. The van der Waals surface area contributed by atoms with Gasteiger partial charge < -0.3 is 14.6 Å². The number of hydrogen-bond acceptors (Lipinski definition) is 5. The molecule has 1 amide bonds. The van der Waals surface area contributed by atoms with Crippen LogP contribution in [0.5, 0.6) is 5.75 Å². The third kappa shape index (κ3) is 4.89. The van der Waals surface area contributed by atoms with Crippen LogP contribution in [-0.2, 0) is 11.4 Å². The van der Waals surface area contributed by atoms with Crippen molar-refractivity contribution in [2.75, 3.05) is 11.1 Å². The van der Waals surface area contributed by atoms with Gasteiger partial charge in [0.05, 0.1) is 5.75 Å². The zero-order chi connectivity index (χ0) is 18.5. The number of nitrogens with one attached hydrogen (secondary N) is 1. The topological polar surface area (TPSA) is 69.0 Å². The van der Waals surface area contributed by atoms with Gasteiger partial charge in [-0.2, -0.15) is 0 Å². The molecule has 1 aliphatic carbocycles. The third-order valence-corrected chi connectivity index (χ3v) is 5.16. The molecule has 0 radical (unpaired) electrons. The SMILES string of the molecule is O=C(CSc1nncn1C1CC1)Nc1ccc(OCc2ccccc2)cc1. The molecule has 1 saturated carbocycles. The Bertz CT molecular complexity index is 892. The fraction of sp³-hybridized carbons (Fsp3) is 0.250. The van der Waals surface area contributed by atoms with E-state index in [1.165, 1.54) is 11.8 Å². The zero-order valence-corrected chi connectivity index (χ0v) is 15.6. The molecule has 27 heavy (non-hydrogen) atoms. The van der Waals surface area contributed by atoms with Gasteiger partial charge in [-0.15, -0.1) is 10.2 Å². The van der Waals surface area contributed by atoms with Crippen LogP contribution in [0.2, 0.25) is 0 Å². The van der Waals surface area contributed by atoms with Crippen LogP contribution in [0.15, 0.2) is 66.1 Å². The predicted molar refractivity (Wildman–Crippen MR) is 105 cm³/mol. The molecule has 4 rings (SSSR count). The average molecular weight is 380 g/mol. The maximum Gasteiger partial charge on any atom is 0.234 e. The van der Waals surface area contributed by atoms with Crippen molar-refractivity contribution in [3.8, 4) is 5.75 Å². The minimum absolute atomic E-state index is 0.0664. The number of nitrogens with zero attached hydrogens (tertiary/aromatic N) is 3. The summed E-state index contributed by atoms with van der Waals surface area (Å²) >= 11 is 1.41. The van der Waals surface area contributed by atoms with Gasteiger partial charge in [0, 0.05) is 11.7 Å². The summed E-state index contributed by atoms with van der Waals surface area (Å²) in [6.07, 6.45) is 4.07. The van der Waals surface area contributed by atoms with Crippen molar-refractivity contribution < 1.29 is 9.53 Å². The summed E-state index contributed by atoms with van der Waals surface area (Å²) in [7, 11) is 0. The molecule has 1 heterocycles. The summed E-state index contributed by atoms with van der Waals surface area (Å²) < 4.78 is 7.81. The Balaban J connectivity index is 1.25. The second-order valence-corrected chi connectivity index (χ2v) is 7.33. The van der Waals surface area contributed by atoms with Gasteiger partial charge in [0.1, 0.15) is 18.7 Å². The van der Waals surface area contributed by atoms with Crippen LogP contribution in [0.3, 0.4) is 0 Å². The highest BCUT2D eigenvalue weighted by molar-refractivity contribution is 7.99. The van der Waals surface area contributed by atoms with Crippen LogP contribution in [0.1, 0.15) is 24.4 Å². The van der Waals surface area contributed by atoms with E-state index in [0.29, 0.717) is 18.4 Å². The molecule has 0 atom stereocenters. The van der Waals surface area contributed by atoms with Crippen molar-refractivity contribution in [1.29, 1.82) is 0 Å². The van der Waals surface area contributed by atoms with E-state index in [-0.39, 0.29) is 5.91 Å². The molecule has 138 valence electrons. The first kappa shape index (κ1) is 17.6. The van der Waals surface area contributed by atoms with Crippen LogP contribution in [0, 0.1) is 0 Å². The minimum Gasteiger partial charge on any atom is -0.489 e. The third-order valence-electron chi connectivity index (χ3n) is 4.20. The van der Waals surface area contributed by atoms with E-state index in [4.69, 9.17) is 4.74 Å². The smallest absolute Gasteiger partial charge is 0.234 e. The van der Waals surface area contributed by atoms with Crippen molar-refractivity contribution >= 4 is 23.4 Å². The quantitative estimate of drug-likeness (QED) is 0.600. The van der Waals surface area contributed by atoms with Crippen molar-refractivity contribution in [3.05, 3.63) is 66.5 Å². The molecule has 3 aromatic rings. The van der Waals surface area contributed by atoms with Crippen LogP contribution < -0.4 is 10.1 Å². The second-order valence-electron chi connectivity index (χ2n) is 6.39. The normalized spacial score (nSPS) is 13.3. The Hall–Kier alpha value is -2.80. The lowest BCUT2D eigenvalue weighted by Gasteiger charge is -2.09. The molecule has 2 aromatic carbocycles. The monoisotopic (exact) mass is 380 g/mol. The Morgan fingerprint density at radius 2 is 1.93 bits per heavy atom. The second kappa shape index (κ2) is 8.26. The number of benzene rings is 2. The molecule has 1 N–H and O–H groups in total. The first-order chi connectivity index (χ1) is 13.3. The van der Waals surface area contributed by atoms with Gasteiger partial charge in [-0.3, -0.25) is 4.79 Å². The number of hydrogen-bond donors (Lipinski definition) is 1. The molecular weight excluding hydrogens is 360 g/mol. The van der Waals surface area contributed by atoms with Crippen molar-refractivity contribution in [2.45, 2.75) is 30.6 Å². The average Bonchev–Trinajstić information content (AvgIpc) is 3.44. The fourth-order valence-electron chi connectivity index (χ4n) is 2.64. The van der Waals surface area contributed by atoms with Crippen molar-refractivity contribution in [1.82, 2.24) is 14.8 Å². The van der Waals surface area contributed by atoms with E-state index in [1.807, 2.05) is 54.6 Å². The molecule has 0 spiro atoms. The van der Waals surface area contributed by atoms with E-state index >= 15 is 0 Å². The number of amides is 1. The summed E-state index contributed by atoms with van der Waals surface area (Å²) in [5.41, 5.74) is 1.86. The van der Waals surface area contributed by atoms with E-state index < -0.39 is 0 Å². The van der Waals surface area contributed by atoms with Crippen LogP contribution in [0.4, 0.5) is 5.69 Å². The van der Waals surface area contributed by atoms with Gasteiger partial charge in [-0.1, -0.05) is 42.1 Å². The zero-order valence-electron chi connectivity index (χ0n) is 14.7. The highest BCUT2D eigenvalue weighted by Gasteiger charge is 2.26. The van der Waals surface area contributed by atoms with Gasteiger partial charge in [0.25, 0.3) is 0 Å². The number of thioether (sulfide) groups is 1. The summed E-state index contributed by atoms with van der Waals surface area (Å²) in [4.78, 5) is 12.2. The van der Waals surface area contributed by atoms with Gasteiger partial charge in [-0.05, 0) is 42.7 Å². The largest absolute Gasteiger partial charge is 0.489 e. The van der Waals surface area contributed by atoms with E-state index in [1.54, 1.807) is 6.33 Å². The number of carbonyl (C=O) groups excluding carboxylic acids is 1. The summed E-state index contributed by atoms with van der Waals surface area (Å²) in [6, 6.07) is 17.9. The molecule has 0 aliphatic heterocycles. The minimum atomic E-state index is -0.0664. The van der Waals surface area contributed by atoms with Crippen molar-refractivity contribution in [2.24, 2.45) is 0 Å². The first-order valence-electron chi connectivity index (χ1n) is 8.87. The van der Waals surface area contributed by atoms with Gasteiger partial charge in [-0.25, -0.2) is 0 Å². The lowest BCUT2D eigenvalue weighted by atomic mass is 10.2. The first-order valence-corrected chi connectivity index (χ1v) is 9.85. The van der Waals surface area contributed by atoms with Crippen LogP contribution in [-0.4, -0.2) is 26.4 Å².